The molecule has 0 bridgehead atoms. The molecule has 0 amide bonds. The summed E-state index contributed by atoms with van der Waals surface area (Å²) in [5.74, 6) is 1.66. The predicted octanol–water partition coefficient (Wildman–Crippen LogP) is 3.48. The van der Waals surface area contributed by atoms with Gasteiger partial charge in [-0.05, 0) is 26.2 Å². The minimum atomic E-state index is -0.265. The molecule has 1 fully saturated rings. The van der Waals surface area contributed by atoms with Crippen molar-refractivity contribution in [3.05, 3.63) is 57.6 Å². The number of pyridine rings is 1. The van der Waals surface area contributed by atoms with Crippen molar-refractivity contribution in [3.8, 4) is 6.07 Å². The fourth-order valence-electron chi connectivity index (χ4n) is 3.81. The van der Waals surface area contributed by atoms with Crippen LogP contribution in [0.2, 0.25) is 0 Å². The van der Waals surface area contributed by atoms with Crippen molar-refractivity contribution in [1.29, 1.82) is 5.26 Å². The zero-order chi connectivity index (χ0) is 21.0. The lowest BCUT2D eigenvalue weighted by Crippen LogP contribution is -2.37. The van der Waals surface area contributed by atoms with Crippen molar-refractivity contribution in [1.82, 2.24) is 14.7 Å². The monoisotopic (exact) mass is 393 g/mol. The lowest BCUT2D eigenvalue weighted by Gasteiger charge is -2.34. The molecule has 2 aromatic heterocycles. The maximum Gasteiger partial charge on any atom is 0.270 e. The van der Waals surface area contributed by atoms with Gasteiger partial charge in [-0.2, -0.15) is 10.2 Å². The zero-order valence-electron chi connectivity index (χ0n) is 17.3. The molecule has 0 radical (unpaired) electrons. The fourth-order valence-corrected chi connectivity index (χ4v) is 3.81. The van der Waals surface area contributed by atoms with E-state index in [9.17, 15) is 10.1 Å². The van der Waals surface area contributed by atoms with Crippen LogP contribution in [-0.4, -0.2) is 27.8 Å². The van der Waals surface area contributed by atoms with Crippen molar-refractivity contribution in [2.45, 2.75) is 45.4 Å². The van der Waals surface area contributed by atoms with Crippen LogP contribution in [0.15, 0.2) is 28.0 Å². The summed E-state index contributed by atoms with van der Waals surface area (Å²) >= 11 is 0. The molecule has 3 heterocycles. The first-order valence-electron chi connectivity index (χ1n) is 10.0. The van der Waals surface area contributed by atoms with Crippen molar-refractivity contribution in [3.63, 3.8) is 0 Å². The quantitative estimate of drug-likeness (QED) is 0.698. The highest BCUT2D eigenvalue weighted by molar-refractivity contribution is 5.75. The van der Waals surface area contributed by atoms with E-state index in [0.29, 0.717) is 24.7 Å². The summed E-state index contributed by atoms with van der Waals surface area (Å²) in [5, 5.41) is 13.8. The second-order valence-electron chi connectivity index (χ2n) is 7.35. The predicted molar refractivity (Wildman–Crippen MR) is 113 cm³/mol. The Balaban J connectivity index is 1.91. The van der Waals surface area contributed by atoms with Crippen molar-refractivity contribution in [2.24, 2.45) is 7.05 Å². The Labute approximate surface area is 171 Å². The molecule has 1 aliphatic heterocycles. The minimum Gasteiger partial charge on any atom is -0.370 e. The molecule has 0 N–H and O–H groups in total. The zero-order valence-corrected chi connectivity index (χ0v) is 17.3. The summed E-state index contributed by atoms with van der Waals surface area (Å²) in [4.78, 5) is 19.4. The van der Waals surface area contributed by atoms with Gasteiger partial charge in [-0.25, -0.2) is 0 Å². The van der Waals surface area contributed by atoms with Gasteiger partial charge in [-0.15, -0.1) is 0 Å². The van der Waals surface area contributed by atoms with Crippen molar-refractivity contribution < 1.29 is 4.52 Å². The Hall–Kier alpha value is -3.14. The highest BCUT2D eigenvalue weighted by Gasteiger charge is 2.29. The van der Waals surface area contributed by atoms with Gasteiger partial charge >= 0.3 is 0 Å². The Bertz CT molecular complexity index is 1020. The summed E-state index contributed by atoms with van der Waals surface area (Å²) in [6.45, 7) is 9.15. The number of aryl methyl sites for hydroxylation is 1. The molecule has 7 heteroatoms. The van der Waals surface area contributed by atoms with Crippen LogP contribution in [0.5, 0.6) is 0 Å². The third kappa shape index (κ3) is 4.02. The summed E-state index contributed by atoms with van der Waals surface area (Å²) in [5.41, 5.74) is 2.33. The average molecular weight is 393 g/mol. The number of hydrogen-bond donors (Lipinski definition) is 0. The highest BCUT2D eigenvalue weighted by Crippen LogP contribution is 2.34. The standard InChI is InChI=1S/C22H27N5O2/c1-5-7-9-17-15(3)26(4)22(28)18(14-23)20(17)27-12-10-16(11-13-27)21-24-19(8-6-2)25-29-21/h5,7,9,16H,1,6,8,10-13H2,2-4H3/b9-7-. The Kier molecular flexibility index (Phi) is 6.32. The van der Waals surface area contributed by atoms with E-state index in [1.807, 2.05) is 19.1 Å². The molecule has 3 rings (SSSR count). The maximum absolute atomic E-state index is 12.7. The molecule has 1 saturated heterocycles. The van der Waals surface area contributed by atoms with Crippen LogP contribution in [0.1, 0.15) is 60.6 Å². The lowest BCUT2D eigenvalue weighted by molar-refractivity contribution is 0.326. The molecule has 0 unspecified atom stereocenters. The van der Waals surface area contributed by atoms with Crippen LogP contribution in [0.3, 0.4) is 0 Å². The third-order valence-corrected chi connectivity index (χ3v) is 5.53. The molecule has 29 heavy (non-hydrogen) atoms. The highest BCUT2D eigenvalue weighted by atomic mass is 16.5. The second kappa shape index (κ2) is 8.91. The van der Waals surface area contributed by atoms with Gasteiger partial charge in [0.05, 0.1) is 5.69 Å². The smallest absolute Gasteiger partial charge is 0.270 e. The van der Waals surface area contributed by atoms with E-state index < -0.39 is 0 Å². The van der Waals surface area contributed by atoms with Crippen molar-refractivity contribution >= 4 is 11.8 Å². The molecular weight excluding hydrogens is 366 g/mol. The van der Waals surface area contributed by atoms with Gasteiger partial charge in [0.25, 0.3) is 5.56 Å². The summed E-state index contributed by atoms with van der Waals surface area (Å²) in [6, 6.07) is 2.13. The van der Waals surface area contributed by atoms with Crippen LogP contribution < -0.4 is 10.5 Å². The Morgan fingerprint density at radius 2 is 2.10 bits per heavy atom. The van der Waals surface area contributed by atoms with Gasteiger partial charge in [-0.1, -0.05) is 36.9 Å². The number of nitrogens with zero attached hydrogens (tertiary/aromatic N) is 5. The minimum absolute atomic E-state index is 0.184. The van der Waals surface area contributed by atoms with Gasteiger partial charge in [-0.3, -0.25) is 4.79 Å². The summed E-state index contributed by atoms with van der Waals surface area (Å²) < 4.78 is 7.00. The van der Waals surface area contributed by atoms with Crippen LogP contribution in [0, 0.1) is 18.3 Å². The molecule has 2 aromatic rings. The number of hydrogen-bond acceptors (Lipinski definition) is 6. The van der Waals surface area contributed by atoms with Crippen LogP contribution in [0.25, 0.3) is 6.08 Å². The lowest BCUT2D eigenvalue weighted by atomic mass is 9.94. The van der Waals surface area contributed by atoms with Crippen molar-refractivity contribution in [2.75, 3.05) is 18.0 Å². The first kappa shape index (κ1) is 20.6. The second-order valence-corrected chi connectivity index (χ2v) is 7.35. The number of anilines is 1. The molecule has 0 atom stereocenters. The molecule has 1 aliphatic rings. The number of aromatic nitrogens is 3. The van der Waals surface area contributed by atoms with E-state index in [1.54, 1.807) is 13.1 Å². The van der Waals surface area contributed by atoms with Crippen LogP contribution in [0.4, 0.5) is 5.69 Å². The average Bonchev–Trinajstić information content (AvgIpc) is 3.20. The molecule has 7 nitrogen and oxygen atoms in total. The molecule has 152 valence electrons. The topological polar surface area (TPSA) is 88.0 Å². The summed E-state index contributed by atoms with van der Waals surface area (Å²) in [6.07, 6.45) is 8.90. The van der Waals surface area contributed by atoms with Gasteiger partial charge in [0.2, 0.25) is 5.89 Å². The fraction of sp³-hybridized carbons (Fsp3) is 0.455. The Morgan fingerprint density at radius 1 is 1.38 bits per heavy atom. The number of piperidine rings is 1. The number of allylic oxidation sites excluding steroid dienone is 2. The normalized spacial score (nSPS) is 15.0. The first-order valence-corrected chi connectivity index (χ1v) is 10.0. The van der Waals surface area contributed by atoms with Gasteiger partial charge in [0, 0.05) is 43.7 Å². The first-order chi connectivity index (χ1) is 14.0. The largest absolute Gasteiger partial charge is 0.370 e. The number of nitriles is 1. The summed E-state index contributed by atoms with van der Waals surface area (Å²) in [7, 11) is 1.70. The van der Waals surface area contributed by atoms with E-state index >= 15 is 0 Å². The molecule has 0 aromatic carbocycles. The van der Waals surface area contributed by atoms with E-state index in [1.165, 1.54) is 4.57 Å². The van der Waals surface area contributed by atoms with Crippen LogP contribution in [-0.2, 0) is 13.5 Å². The molecular formula is C22H27N5O2. The maximum atomic E-state index is 12.7. The van der Waals surface area contributed by atoms with Gasteiger partial charge in [0.1, 0.15) is 11.6 Å². The van der Waals surface area contributed by atoms with E-state index in [-0.39, 0.29) is 17.0 Å². The third-order valence-electron chi connectivity index (χ3n) is 5.53. The van der Waals surface area contributed by atoms with E-state index in [0.717, 1.165) is 42.8 Å². The SMILES string of the molecule is C=C/C=C\c1c(N2CCC(c3nc(CCC)no3)CC2)c(C#N)c(=O)n(C)c1C. The molecule has 0 aliphatic carbocycles. The number of rotatable bonds is 6. The van der Waals surface area contributed by atoms with E-state index in [4.69, 9.17) is 4.52 Å². The van der Waals surface area contributed by atoms with Gasteiger partial charge in [0.15, 0.2) is 5.82 Å². The van der Waals surface area contributed by atoms with Crippen LogP contribution >= 0.6 is 0 Å². The molecule has 0 spiro atoms. The van der Waals surface area contributed by atoms with E-state index in [2.05, 4.69) is 34.6 Å². The van der Waals surface area contributed by atoms with Gasteiger partial charge < -0.3 is 14.0 Å². The Morgan fingerprint density at radius 3 is 2.72 bits per heavy atom. The molecule has 0 saturated carbocycles.